The third-order valence-electron chi connectivity index (χ3n) is 6.77. The Kier molecular flexibility index (Phi) is 6.19. The van der Waals surface area contributed by atoms with Gasteiger partial charge in [-0.1, -0.05) is 74.0 Å². The van der Waals surface area contributed by atoms with E-state index in [1.54, 1.807) is 0 Å². The largest absolute Gasteiger partial charge is 0.343 e. The first kappa shape index (κ1) is 20.7. The molecule has 1 aliphatic carbocycles. The SMILES string of the molecule is BC1CCCCC2N=C(c3ccccc3)N=C(Nc3ccc(-c4cn[nH]c4)cc3)C2CC1. The Labute approximate surface area is 190 Å². The van der Waals surface area contributed by atoms with Gasteiger partial charge < -0.3 is 5.32 Å². The highest BCUT2D eigenvalue weighted by molar-refractivity contribution is 6.13. The van der Waals surface area contributed by atoms with Crippen molar-refractivity contribution in [2.24, 2.45) is 15.9 Å². The van der Waals surface area contributed by atoms with Gasteiger partial charge in [-0.25, -0.2) is 4.99 Å². The fraction of sp³-hybridized carbons (Fsp3) is 0.346. The average Bonchev–Trinajstić information content (AvgIpc) is 3.39. The van der Waals surface area contributed by atoms with Crippen LogP contribution in [0.25, 0.3) is 11.1 Å². The minimum absolute atomic E-state index is 0.292. The molecule has 1 aromatic heterocycles. The maximum atomic E-state index is 5.16. The van der Waals surface area contributed by atoms with E-state index in [-0.39, 0.29) is 0 Å². The van der Waals surface area contributed by atoms with E-state index >= 15 is 0 Å². The molecule has 0 radical (unpaired) electrons. The second-order valence-corrected chi connectivity index (χ2v) is 9.15. The summed E-state index contributed by atoms with van der Waals surface area (Å²) in [5.41, 5.74) is 4.40. The first-order chi connectivity index (χ1) is 15.8. The van der Waals surface area contributed by atoms with Gasteiger partial charge in [0.25, 0.3) is 0 Å². The Bertz CT molecular complexity index is 1070. The van der Waals surface area contributed by atoms with Gasteiger partial charge in [0.2, 0.25) is 0 Å². The van der Waals surface area contributed by atoms with Gasteiger partial charge in [0, 0.05) is 28.9 Å². The van der Waals surface area contributed by atoms with Crippen LogP contribution in [0.4, 0.5) is 5.69 Å². The lowest BCUT2D eigenvalue weighted by Gasteiger charge is -2.30. The standard InChI is InChI=1S/C26H30BN5/c27-21-8-4-5-9-24-23(15-12-21)26(32-25(31-24)19-6-2-1-3-7-19)30-22-13-10-18(11-14-22)20-16-28-29-17-20/h1-3,6-7,10-11,13-14,16-17,21,23-24H,4-5,8-9,12,15,27H2,(H,28,29)(H,30,31,32). The number of nitrogens with zero attached hydrogens (tertiary/aromatic N) is 3. The number of fused-ring (bicyclic) bond motifs is 1. The van der Waals surface area contributed by atoms with Crippen LogP contribution in [0.5, 0.6) is 0 Å². The fourth-order valence-corrected chi connectivity index (χ4v) is 4.85. The van der Waals surface area contributed by atoms with Gasteiger partial charge in [0.05, 0.1) is 12.2 Å². The molecule has 0 spiro atoms. The summed E-state index contributed by atoms with van der Waals surface area (Å²) in [6, 6.07) is 19.2. The zero-order valence-electron chi connectivity index (χ0n) is 18.7. The Morgan fingerprint density at radius 3 is 2.44 bits per heavy atom. The van der Waals surface area contributed by atoms with Crippen LogP contribution in [0.2, 0.25) is 5.82 Å². The number of rotatable bonds is 3. The highest BCUT2D eigenvalue weighted by Crippen LogP contribution is 2.33. The predicted molar refractivity (Wildman–Crippen MR) is 135 cm³/mol. The molecule has 3 aromatic rings. The second-order valence-electron chi connectivity index (χ2n) is 9.15. The Balaban J connectivity index is 1.45. The van der Waals surface area contributed by atoms with Crippen LogP contribution >= 0.6 is 0 Å². The molecule has 1 saturated carbocycles. The maximum Gasteiger partial charge on any atom is 0.156 e. The molecule has 1 aliphatic heterocycles. The molecule has 5 nitrogen and oxygen atoms in total. The van der Waals surface area contributed by atoms with Gasteiger partial charge in [0.15, 0.2) is 5.84 Å². The number of amidine groups is 2. The molecule has 2 aliphatic rings. The van der Waals surface area contributed by atoms with Crippen molar-refractivity contribution in [3.05, 3.63) is 72.6 Å². The second kappa shape index (κ2) is 9.55. The summed E-state index contributed by atoms with van der Waals surface area (Å²) >= 11 is 0. The highest BCUT2D eigenvalue weighted by atomic mass is 15.1. The quantitative estimate of drug-likeness (QED) is 0.575. The van der Waals surface area contributed by atoms with Crippen molar-refractivity contribution in [1.29, 1.82) is 0 Å². The summed E-state index contributed by atoms with van der Waals surface area (Å²) in [7, 11) is 2.39. The van der Waals surface area contributed by atoms with Crippen LogP contribution in [0.1, 0.15) is 44.1 Å². The predicted octanol–water partition coefficient (Wildman–Crippen LogP) is 5.11. The van der Waals surface area contributed by atoms with Crippen molar-refractivity contribution >= 4 is 25.2 Å². The number of anilines is 1. The third-order valence-corrected chi connectivity index (χ3v) is 6.77. The molecule has 2 N–H and O–H groups in total. The van der Waals surface area contributed by atoms with Crippen LogP contribution in [-0.2, 0) is 0 Å². The van der Waals surface area contributed by atoms with Crippen molar-refractivity contribution in [2.75, 3.05) is 5.32 Å². The van der Waals surface area contributed by atoms with Crippen molar-refractivity contribution in [1.82, 2.24) is 10.2 Å². The number of aromatic nitrogens is 2. The molecular weight excluding hydrogens is 393 g/mol. The van der Waals surface area contributed by atoms with E-state index in [2.05, 4.69) is 71.9 Å². The molecule has 32 heavy (non-hydrogen) atoms. The van der Waals surface area contributed by atoms with E-state index in [1.165, 1.54) is 25.7 Å². The molecular formula is C26H30BN5. The Hall–Kier alpha value is -3.15. The first-order valence-electron chi connectivity index (χ1n) is 11.8. The lowest BCUT2D eigenvalue weighted by Crippen LogP contribution is -2.37. The normalized spacial score (nSPS) is 23.7. The molecule has 5 rings (SSSR count). The van der Waals surface area contributed by atoms with Gasteiger partial charge >= 0.3 is 0 Å². The molecule has 2 aromatic carbocycles. The number of H-pyrrole nitrogens is 1. The number of hydrogen-bond donors (Lipinski definition) is 2. The number of benzene rings is 2. The number of nitrogens with one attached hydrogen (secondary N) is 2. The fourth-order valence-electron chi connectivity index (χ4n) is 4.85. The lowest BCUT2D eigenvalue weighted by atomic mass is 9.78. The minimum Gasteiger partial charge on any atom is -0.343 e. The average molecular weight is 423 g/mol. The minimum atomic E-state index is 0.292. The van der Waals surface area contributed by atoms with Crippen LogP contribution in [0.15, 0.2) is 77.0 Å². The molecule has 0 amide bonds. The molecule has 2 heterocycles. The highest BCUT2D eigenvalue weighted by Gasteiger charge is 2.31. The van der Waals surface area contributed by atoms with Crippen molar-refractivity contribution in [3.8, 4) is 11.1 Å². The van der Waals surface area contributed by atoms with Gasteiger partial charge in [-0.15, -0.1) is 0 Å². The Morgan fingerprint density at radius 1 is 0.844 bits per heavy atom. The first-order valence-corrected chi connectivity index (χ1v) is 11.8. The van der Waals surface area contributed by atoms with Crippen LogP contribution < -0.4 is 5.32 Å². The molecule has 3 atom stereocenters. The summed E-state index contributed by atoms with van der Waals surface area (Å²) in [4.78, 5) is 10.2. The van der Waals surface area contributed by atoms with Crippen LogP contribution in [0, 0.1) is 5.92 Å². The van der Waals surface area contributed by atoms with E-state index in [9.17, 15) is 0 Å². The Morgan fingerprint density at radius 2 is 1.66 bits per heavy atom. The number of aromatic amines is 1. The molecule has 0 saturated heterocycles. The molecule has 6 heteroatoms. The van der Waals surface area contributed by atoms with E-state index in [1.807, 2.05) is 18.5 Å². The van der Waals surface area contributed by atoms with Crippen molar-refractivity contribution in [3.63, 3.8) is 0 Å². The van der Waals surface area contributed by atoms with E-state index in [0.29, 0.717) is 12.0 Å². The van der Waals surface area contributed by atoms with Crippen molar-refractivity contribution in [2.45, 2.75) is 50.4 Å². The monoisotopic (exact) mass is 423 g/mol. The van der Waals surface area contributed by atoms with Gasteiger partial charge in [-0.3, -0.25) is 10.1 Å². The molecule has 0 bridgehead atoms. The zero-order valence-corrected chi connectivity index (χ0v) is 18.7. The molecule has 3 unspecified atom stereocenters. The third kappa shape index (κ3) is 4.69. The summed E-state index contributed by atoms with van der Waals surface area (Å²) in [5, 5.41) is 10.6. The van der Waals surface area contributed by atoms with Gasteiger partial charge in [-0.05, 0) is 30.5 Å². The lowest BCUT2D eigenvalue weighted by molar-refractivity contribution is 0.458. The van der Waals surface area contributed by atoms with Crippen LogP contribution in [0.3, 0.4) is 0 Å². The van der Waals surface area contributed by atoms with Crippen LogP contribution in [-0.4, -0.2) is 35.8 Å². The topological polar surface area (TPSA) is 65.4 Å². The smallest absolute Gasteiger partial charge is 0.156 e. The van der Waals surface area contributed by atoms with E-state index in [4.69, 9.17) is 9.98 Å². The number of hydrogen-bond acceptors (Lipinski definition) is 4. The summed E-state index contributed by atoms with van der Waals surface area (Å²) in [6.07, 6.45) is 11.1. The summed E-state index contributed by atoms with van der Waals surface area (Å²) < 4.78 is 0. The summed E-state index contributed by atoms with van der Waals surface area (Å²) in [5.74, 6) is 3.03. The summed E-state index contributed by atoms with van der Waals surface area (Å²) in [6.45, 7) is 0. The van der Waals surface area contributed by atoms with E-state index < -0.39 is 0 Å². The zero-order chi connectivity index (χ0) is 21.8. The van der Waals surface area contributed by atoms with Gasteiger partial charge in [0.1, 0.15) is 13.7 Å². The van der Waals surface area contributed by atoms with E-state index in [0.717, 1.165) is 52.7 Å². The maximum absolute atomic E-state index is 5.16. The van der Waals surface area contributed by atoms with Crippen molar-refractivity contribution < 1.29 is 0 Å². The number of aliphatic imine (C=N–C) groups is 2. The van der Waals surface area contributed by atoms with Gasteiger partial charge in [-0.2, -0.15) is 5.10 Å². The molecule has 162 valence electrons. The molecule has 1 fully saturated rings.